The fourth-order valence-corrected chi connectivity index (χ4v) is 5.21. The molecule has 0 saturated carbocycles. The molecule has 0 atom stereocenters. The molecule has 0 saturated heterocycles. The molecule has 1 N–H and O–H groups in total. The summed E-state index contributed by atoms with van der Waals surface area (Å²) in [5, 5.41) is 7.70. The lowest BCUT2D eigenvalue weighted by Crippen LogP contribution is -2.18. The standard InChI is InChI=1S/C24H41NO3S/c1-2-3-4-5-6-7-8-9-10-11-12-13-14-15-16-17-20-29(27,28)24-21-22(26)18-19-23(24)25/h18-19,21,25H,2-17,20H2,1H3. The Bertz CT molecular complexity index is 647. The number of hydrogen-bond donors (Lipinski definition) is 1. The first-order chi connectivity index (χ1) is 14.0. The van der Waals surface area contributed by atoms with E-state index in [1.807, 2.05) is 0 Å². The smallest absolute Gasteiger partial charge is 0.180 e. The van der Waals surface area contributed by atoms with Gasteiger partial charge >= 0.3 is 0 Å². The van der Waals surface area contributed by atoms with Crippen LogP contribution in [0.1, 0.15) is 110 Å². The number of allylic oxidation sites excluding steroid dienone is 4. The van der Waals surface area contributed by atoms with Crippen molar-refractivity contribution in [2.75, 3.05) is 5.75 Å². The summed E-state index contributed by atoms with van der Waals surface area (Å²) >= 11 is 0. The molecule has 166 valence electrons. The molecule has 0 heterocycles. The van der Waals surface area contributed by atoms with E-state index >= 15 is 0 Å². The molecule has 4 nitrogen and oxygen atoms in total. The lowest BCUT2D eigenvalue weighted by atomic mass is 10.0. The van der Waals surface area contributed by atoms with E-state index in [1.54, 1.807) is 0 Å². The minimum atomic E-state index is -3.52. The predicted octanol–water partition coefficient (Wildman–Crippen LogP) is 6.71. The topological polar surface area (TPSA) is 75.1 Å². The van der Waals surface area contributed by atoms with Crippen LogP contribution in [0, 0.1) is 5.41 Å². The normalized spacial score (nSPS) is 14.4. The Hall–Kier alpha value is -1.23. The minimum Gasteiger partial charge on any atom is -0.300 e. The maximum absolute atomic E-state index is 12.3. The van der Waals surface area contributed by atoms with Crippen molar-refractivity contribution in [3.63, 3.8) is 0 Å². The second kappa shape index (κ2) is 15.6. The van der Waals surface area contributed by atoms with Crippen LogP contribution in [0.15, 0.2) is 23.1 Å². The van der Waals surface area contributed by atoms with Gasteiger partial charge in [0, 0.05) is 6.08 Å². The van der Waals surface area contributed by atoms with E-state index < -0.39 is 9.84 Å². The third-order valence-corrected chi connectivity index (χ3v) is 7.39. The average molecular weight is 424 g/mol. The number of hydrogen-bond acceptors (Lipinski definition) is 4. The highest BCUT2D eigenvalue weighted by molar-refractivity contribution is 7.96. The molecular formula is C24H41NO3S. The Morgan fingerprint density at radius 3 is 1.55 bits per heavy atom. The first-order valence-corrected chi connectivity index (χ1v) is 13.4. The van der Waals surface area contributed by atoms with Crippen LogP contribution in [0.3, 0.4) is 0 Å². The number of rotatable bonds is 18. The van der Waals surface area contributed by atoms with Gasteiger partial charge in [0.05, 0.1) is 16.4 Å². The van der Waals surface area contributed by atoms with Gasteiger partial charge in [0.15, 0.2) is 15.6 Å². The zero-order chi connectivity index (χ0) is 21.4. The van der Waals surface area contributed by atoms with Crippen LogP contribution in [0.2, 0.25) is 0 Å². The van der Waals surface area contributed by atoms with Crippen molar-refractivity contribution in [3.8, 4) is 0 Å². The molecule has 0 fully saturated rings. The minimum absolute atomic E-state index is 0.0285. The molecule has 1 rings (SSSR count). The van der Waals surface area contributed by atoms with Crippen LogP contribution in [0.5, 0.6) is 0 Å². The molecule has 29 heavy (non-hydrogen) atoms. The van der Waals surface area contributed by atoms with Crippen molar-refractivity contribution in [2.24, 2.45) is 0 Å². The molecular weight excluding hydrogens is 382 g/mol. The van der Waals surface area contributed by atoms with E-state index in [2.05, 4.69) is 6.92 Å². The summed E-state index contributed by atoms with van der Waals surface area (Å²) in [5.74, 6) is -0.326. The second-order valence-corrected chi connectivity index (χ2v) is 10.4. The van der Waals surface area contributed by atoms with Crippen LogP contribution in [0.25, 0.3) is 0 Å². The number of carbonyl (C=O) groups excluding carboxylic acids is 1. The fraction of sp³-hybridized carbons (Fsp3) is 0.750. The Labute approximate surface area is 178 Å². The second-order valence-electron chi connectivity index (χ2n) is 8.28. The van der Waals surface area contributed by atoms with Crippen LogP contribution in [-0.4, -0.2) is 25.7 Å². The SMILES string of the molecule is CCCCCCCCCCCCCCCCCCS(=O)(=O)C1=CC(=O)C=CC1=N. The van der Waals surface area contributed by atoms with Crippen molar-refractivity contribution < 1.29 is 13.2 Å². The van der Waals surface area contributed by atoms with Gasteiger partial charge < -0.3 is 0 Å². The van der Waals surface area contributed by atoms with Crippen molar-refractivity contribution >= 4 is 21.3 Å². The van der Waals surface area contributed by atoms with E-state index in [0.717, 1.165) is 25.3 Å². The summed E-state index contributed by atoms with van der Waals surface area (Å²) in [6.07, 6.45) is 23.5. The van der Waals surface area contributed by atoms with Gasteiger partial charge in [-0.2, -0.15) is 0 Å². The predicted molar refractivity (Wildman–Crippen MR) is 123 cm³/mol. The number of sulfone groups is 1. The molecule has 0 spiro atoms. The Balaban J connectivity index is 1.94. The highest BCUT2D eigenvalue weighted by Gasteiger charge is 2.23. The molecule has 0 amide bonds. The van der Waals surface area contributed by atoms with E-state index in [0.29, 0.717) is 6.42 Å². The largest absolute Gasteiger partial charge is 0.300 e. The van der Waals surface area contributed by atoms with Crippen molar-refractivity contribution in [1.82, 2.24) is 0 Å². The van der Waals surface area contributed by atoms with E-state index in [9.17, 15) is 13.2 Å². The van der Waals surface area contributed by atoms with Gasteiger partial charge in [-0.25, -0.2) is 8.42 Å². The van der Waals surface area contributed by atoms with Gasteiger partial charge in [0.1, 0.15) is 0 Å². The van der Waals surface area contributed by atoms with E-state index in [1.165, 1.54) is 89.2 Å². The Kier molecular flexibility index (Phi) is 13.9. The van der Waals surface area contributed by atoms with E-state index in [4.69, 9.17) is 5.41 Å². The zero-order valence-electron chi connectivity index (χ0n) is 18.4. The number of carbonyl (C=O) groups is 1. The van der Waals surface area contributed by atoms with Crippen molar-refractivity contribution in [1.29, 1.82) is 5.41 Å². The molecule has 0 aromatic rings. The number of nitrogens with one attached hydrogen (secondary N) is 1. The molecule has 0 aromatic carbocycles. The third kappa shape index (κ3) is 12.1. The lowest BCUT2D eigenvalue weighted by Gasteiger charge is -2.10. The molecule has 0 aliphatic heterocycles. The van der Waals surface area contributed by atoms with Crippen molar-refractivity contribution in [2.45, 2.75) is 110 Å². The van der Waals surface area contributed by atoms with Crippen molar-refractivity contribution in [3.05, 3.63) is 23.1 Å². The highest BCUT2D eigenvalue weighted by atomic mass is 32.2. The first kappa shape index (κ1) is 25.8. The maximum atomic E-state index is 12.3. The summed E-state index contributed by atoms with van der Waals surface area (Å²) in [5.41, 5.74) is -0.0823. The van der Waals surface area contributed by atoms with Gasteiger partial charge in [-0.05, 0) is 18.6 Å². The van der Waals surface area contributed by atoms with E-state index in [-0.39, 0.29) is 22.2 Å². The molecule has 0 bridgehead atoms. The lowest BCUT2D eigenvalue weighted by molar-refractivity contribution is -0.110. The number of ketones is 1. The van der Waals surface area contributed by atoms with Gasteiger partial charge in [0.2, 0.25) is 0 Å². The molecule has 1 aliphatic carbocycles. The molecule has 1 aliphatic rings. The Morgan fingerprint density at radius 1 is 0.690 bits per heavy atom. The third-order valence-electron chi connectivity index (χ3n) is 5.55. The van der Waals surface area contributed by atoms with Crippen LogP contribution >= 0.6 is 0 Å². The van der Waals surface area contributed by atoms with Gasteiger partial charge in [-0.15, -0.1) is 0 Å². The van der Waals surface area contributed by atoms with Gasteiger partial charge in [-0.3, -0.25) is 10.2 Å². The fourth-order valence-electron chi connectivity index (χ4n) is 3.71. The zero-order valence-corrected chi connectivity index (χ0v) is 19.2. The van der Waals surface area contributed by atoms with Crippen LogP contribution in [0.4, 0.5) is 0 Å². The van der Waals surface area contributed by atoms with Crippen LogP contribution < -0.4 is 0 Å². The Morgan fingerprint density at radius 2 is 1.10 bits per heavy atom. The molecule has 0 unspecified atom stereocenters. The van der Waals surface area contributed by atoms with Gasteiger partial charge in [-0.1, -0.05) is 103 Å². The number of unbranched alkanes of at least 4 members (excludes halogenated alkanes) is 15. The highest BCUT2D eigenvalue weighted by Crippen LogP contribution is 2.17. The quantitative estimate of drug-likeness (QED) is 0.197. The van der Waals surface area contributed by atoms with Gasteiger partial charge in [0.25, 0.3) is 0 Å². The molecule has 0 aromatic heterocycles. The summed E-state index contributed by atoms with van der Waals surface area (Å²) in [4.78, 5) is 11.2. The summed E-state index contributed by atoms with van der Waals surface area (Å²) < 4.78 is 24.6. The summed E-state index contributed by atoms with van der Waals surface area (Å²) in [7, 11) is -3.52. The molecule has 5 heteroatoms. The average Bonchev–Trinajstić information content (AvgIpc) is 2.69. The monoisotopic (exact) mass is 423 g/mol. The maximum Gasteiger partial charge on any atom is 0.180 e. The van der Waals surface area contributed by atoms with Crippen LogP contribution in [-0.2, 0) is 14.6 Å². The first-order valence-electron chi connectivity index (χ1n) is 11.7. The summed E-state index contributed by atoms with van der Waals surface area (Å²) in [6, 6.07) is 0. The summed E-state index contributed by atoms with van der Waals surface area (Å²) in [6.45, 7) is 2.26. The molecule has 0 radical (unpaired) electrons.